The van der Waals surface area contributed by atoms with E-state index in [1.54, 1.807) is 4.90 Å². The van der Waals surface area contributed by atoms with Crippen LogP contribution in [0.15, 0.2) is 30.3 Å². The van der Waals surface area contributed by atoms with Gasteiger partial charge in [0, 0.05) is 0 Å². The third-order valence-electron chi connectivity index (χ3n) is 4.06. The SMILES string of the molecule is C[C@@H]1O[C@@H]1[C@@H]1COC(C)(C)N1C(=O)OCc1ccccc1. The van der Waals surface area contributed by atoms with Crippen molar-refractivity contribution in [1.82, 2.24) is 4.90 Å². The first kappa shape index (κ1) is 14.4. The Labute approximate surface area is 124 Å². The Hall–Kier alpha value is -1.59. The van der Waals surface area contributed by atoms with E-state index in [4.69, 9.17) is 14.2 Å². The summed E-state index contributed by atoms with van der Waals surface area (Å²) in [5, 5.41) is 0. The number of ether oxygens (including phenoxy) is 3. The maximum Gasteiger partial charge on any atom is 0.412 e. The number of carbonyl (C=O) groups is 1. The van der Waals surface area contributed by atoms with Crippen molar-refractivity contribution in [2.45, 2.75) is 51.4 Å². The third-order valence-corrected chi connectivity index (χ3v) is 4.06. The highest BCUT2D eigenvalue weighted by Gasteiger charge is 2.54. The molecule has 5 nitrogen and oxygen atoms in total. The van der Waals surface area contributed by atoms with Crippen LogP contribution in [0.2, 0.25) is 0 Å². The first-order valence-electron chi connectivity index (χ1n) is 7.28. The van der Waals surface area contributed by atoms with Crippen molar-refractivity contribution >= 4 is 6.09 Å². The first-order valence-corrected chi connectivity index (χ1v) is 7.28. The molecule has 1 aromatic rings. The predicted octanol–water partition coefficient (Wildman–Crippen LogP) is 2.55. The third kappa shape index (κ3) is 2.89. The molecular formula is C16H21NO4. The van der Waals surface area contributed by atoms with Gasteiger partial charge in [-0.3, -0.25) is 4.90 Å². The maximum absolute atomic E-state index is 12.5. The molecule has 2 aliphatic heterocycles. The molecule has 0 unspecified atom stereocenters. The first-order chi connectivity index (χ1) is 9.99. The number of carbonyl (C=O) groups excluding carboxylic acids is 1. The van der Waals surface area contributed by atoms with Gasteiger partial charge in [0.05, 0.1) is 18.8 Å². The monoisotopic (exact) mass is 291 g/mol. The number of amides is 1. The average molecular weight is 291 g/mol. The van der Waals surface area contributed by atoms with Gasteiger partial charge < -0.3 is 14.2 Å². The van der Waals surface area contributed by atoms with E-state index in [0.29, 0.717) is 6.61 Å². The van der Waals surface area contributed by atoms with E-state index in [1.807, 2.05) is 51.1 Å². The van der Waals surface area contributed by atoms with Crippen molar-refractivity contribution < 1.29 is 19.0 Å². The molecule has 0 aliphatic carbocycles. The van der Waals surface area contributed by atoms with Gasteiger partial charge in [0.15, 0.2) is 0 Å². The van der Waals surface area contributed by atoms with E-state index in [0.717, 1.165) is 5.56 Å². The molecule has 1 aromatic carbocycles. The Balaban J connectivity index is 1.66. The lowest BCUT2D eigenvalue weighted by atomic mass is 10.1. The number of hydrogen-bond donors (Lipinski definition) is 0. The van der Waals surface area contributed by atoms with E-state index >= 15 is 0 Å². The van der Waals surface area contributed by atoms with Gasteiger partial charge >= 0.3 is 6.09 Å². The van der Waals surface area contributed by atoms with Crippen LogP contribution in [0.5, 0.6) is 0 Å². The van der Waals surface area contributed by atoms with Gasteiger partial charge in [0.25, 0.3) is 0 Å². The second-order valence-corrected chi connectivity index (χ2v) is 6.04. The fourth-order valence-corrected chi connectivity index (χ4v) is 2.82. The highest BCUT2D eigenvalue weighted by Crippen LogP contribution is 2.37. The van der Waals surface area contributed by atoms with Gasteiger partial charge in [0.2, 0.25) is 0 Å². The highest BCUT2D eigenvalue weighted by atomic mass is 16.6. The molecule has 114 valence electrons. The summed E-state index contributed by atoms with van der Waals surface area (Å²) in [5.74, 6) is 0. The topological polar surface area (TPSA) is 51.3 Å². The summed E-state index contributed by atoms with van der Waals surface area (Å²) < 4.78 is 16.7. The molecule has 2 heterocycles. The molecule has 2 aliphatic rings. The summed E-state index contributed by atoms with van der Waals surface area (Å²) >= 11 is 0. The molecule has 0 radical (unpaired) electrons. The average Bonchev–Trinajstić information content (AvgIpc) is 3.09. The Morgan fingerprint density at radius 3 is 2.67 bits per heavy atom. The summed E-state index contributed by atoms with van der Waals surface area (Å²) in [6.07, 6.45) is -0.123. The zero-order valence-corrected chi connectivity index (χ0v) is 12.6. The fraction of sp³-hybridized carbons (Fsp3) is 0.562. The summed E-state index contributed by atoms with van der Waals surface area (Å²) in [5.41, 5.74) is 0.306. The molecule has 0 saturated carbocycles. The normalized spacial score (nSPS) is 30.2. The van der Waals surface area contributed by atoms with E-state index < -0.39 is 5.72 Å². The summed E-state index contributed by atoms with van der Waals surface area (Å²) in [6.45, 7) is 6.51. The molecule has 21 heavy (non-hydrogen) atoms. The summed E-state index contributed by atoms with van der Waals surface area (Å²) in [7, 11) is 0. The molecule has 1 amide bonds. The standard InChI is InChI=1S/C16H21NO4/c1-11-14(21-11)13-10-20-16(2,3)17(13)15(18)19-9-12-7-5-4-6-8-12/h4-8,11,13-14H,9-10H2,1-3H3/t11-,13-,14-/m0/s1. The number of epoxide rings is 1. The van der Waals surface area contributed by atoms with E-state index in [9.17, 15) is 4.79 Å². The van der Waals surface area contributed by atoms with Gasteiger partial charge in [-0.15, -0.1) is 0 Å². The number of rotatable bonds is 3. The minimum atomic E-state index is -0.663. The van der Waals surface area contributed by atoms with Gasteiger partial charge in [-0.1, -0.05) is 30.3 Å². The lowest BCUT2D eigenvalue weighted by molar-refractivity contribution is -0.0499. The van der Waals surface area contributed by atoms with Gasteiger partial charge in [-0.05, 0) is 26.3 Å². The molecular weight excluding hydrogens is 270 g/mol. The minimum Gasteiger partial charge on any atom is -0.444 e. The Kier molecular flexibility index (Phi) is 3.63. The van der Waals surface area contributed by atoms with Gasteiger partial charge in [-0.2, -0.15) is 0 Å². The number of nitrogens with zero attached hydrogens (tertiary/aromatic N) is 1. The minimum absolute atomic E-state index is 0.0519. The number of hydrogen-bond acceptors (Lipinski definition) is 4. The molecule has 0 aromatic heterocycles. The molecule has 3 atom stereocenters. The predicted molar refractivity (Wildman–Crippen MR) is 76.6 cm³/mol. The Morgan fingerprint density at radius 2 is 2.05 bits per heavy atom. The number of benzene rings is 1. The van der Waals surface area contributed by atoms with Crippen molar-refractivity contribution in [3.05, 3.63) is 35.9 Å². The van der Waals surface area contributed by atoms with E-state index in [2.05, 4.69) is 0 Å². The Bertz CT molecular complexity index is 516. The van der Waals surface area contributed by atoms with E-state index in [-0.39, 0.29) is 30.9 Å². The van der Waals surface area contributed by atoms with Gasteiger partial charge in [-0.25, -0.2) is 4.79 Å². The van der Waals surface area contributed by atoms with Crippen LogP contribution in [0.25, 0.3) is 0 Å². The molecule has 0 spiro atoms. The molecule has 2 saturated heterocycles. The van der Waals surface area contributed by atoms with Crippen LogP contribution in [0.4, 0.5) is 4.79 Å². The summed E-state index contributed by atoms with van der Waals surface area (Å²) in [4.78, 5) is 14.1. The van der Waals surface area contributed by atoms with Crippen LogP contribution >= 0.6 is 0 Å². The zero-order valence-electron chi connectivity index (χ0n) is 12.6. The smallest absolute Gasteiger partial charge is 0.412 e. The maximum atomic E-state index is 12.5. The van der Waals surface area contributed by atoms with Crippen LogP contribution in [0.3, 0.4) is 0 Å². The van der Waals surface area contributed by atoms with Crippen molar-refractivity contribution in [1.29, 1.82) is 0 Å². The second-order valence-electron chi connectivity index (χ2n) is 6.04. The van der Waals surface area contributed by atoms with Crippen LogP contribution in [-0.2, 0) is 20.8 Å². The van der Waals surface area contributed by atoms with Crippen molar-refractivity contribution in [3.8, 4) is 0 Å². The van der Waals surface area contributed by atoms with Crippen LogP contribution < -0.4 is 0 Å². The molecule has 0 N–H and O–H groups in total. The van der Waals surface area contributed by atoms with Crippen LogP contribution in [0.1, 0.15) is 26.3 Å². The van der Waals surface area contributed by atoms with Crippen molar-refractivity contribution in [3.63, 3.8) is 0 Å². The van der Waals surface area contributed by atoms with E-state index in [1.165, 1.54) is 0 Å². The molecule has 0 bridgehead atoms. The largest absolute Gasteiger partial charge is 0.444 e. The molecule has 5 heteroatoms. The quantitative estimate of drug-likeness (QED) is 0.803. The Morgan fingerprint density at radius 1 is 1.38 bits per heavy atom. The molecule has 3 rings (SSSR count). The highest BCUT2D eigenvalue weighted by molar-refractivity contribution is 5.69. The van der Waals surface area contributed by atoms with Crippen LogP contribution in [-0.4, -0.2) is 41.6 Å². The van der Waals surface area contributed by atoms with Crippen LogP contribution in [0, 0.1) is 0 Å². The fourth-order valence-electron chi connectivity index (χ4n) is 2.82. The zero-order chi connectivity index (χ0) is 15.0. The van der Waals surface area contributed by atoms with Crippen molar-refractivity contribution in [2.75, 3.05) is 6.61 Å². The molecule has 2 fully saturated rings. The lowest BCUT2D eigenvalue weighted by Gasteiger charge is -2.32. The lowest BCUT2D eigenvalue weighted by Crippen LogP contribution is -2.50. The summed E-state index contributed by atoms with van der Waals surface area (Å²) in [6, 6.07) is 9.58. The second kappa shape index (κ2) is 5.31. The van der Waals surface area contributed by atoms with Crippen molar-refractivity contribution in [2.24, 2.45) is 0 Å². The van der Waals surface area contributed by atoms with Gasteiger partial charge in [0.1, 0.15) is 18.4 Å².